The lowest BCUT2D eigenvalue weighted by Crippen LogP contribution is -2.19. The zero-order valence-corrected chi connectivity index (χ0v) is 12.3. The minimum atomic E-state index is -0.550. The molecular weight excluding hydrogens is 252 g/mol. The van der Waals surface area contributed by atoms with Crippen LogP contribution in [0, 0.1) is 0 Å². The number of hydrogen-bond acceptors (Lipinski definition) is 3. The molecule has 4 heteroatoms. The summed E-state index contributed by atoms with van der Waals surface area (Å²) in [6, 6.07) is 5.08. The SMILES string of the molecule is CCCCCCC(C)Oc1ccc2c(c1)NC(=O)C2N. The van der Waals surface area contributed by atoms with Crippen molar-refractivity contribution in [3.05, 3.63) is 23.8 Å². The van der Waals surface area contributed by atoms with Crippen LogP contribution in [0.25, 0.3) is 0 Å². The maximum absolute atomic E-state index is 11.5. The van der Waals surface area contributed by atoms with Gasteiger partial charge in [-0.15, -0.1) is 0 Å². The molecular formula is C16H24N2O2. The maximum atomic E-state index is 11.5. The first-order chi connectivity index (χ1) is 9.61. The zero-order valence-electron chi connectivity index (χ0n) is 12.3. The lowest BCUT2D eigenvalue weighted by atomic mass is 10.1. The fraction of sp³-hybridized carbons (Fsp3) is 0.562. The van der Waals surface area contributed by atoms with E-state index in [4.69, 9.17) is 10.5 Å². The number of ether oxygens (including phenoxy) is 1. The molecule has 3 N–H and O–H groups in total. The average molecular weight is 276 g/mol. The van der Waals surface area contributed by atoms with Gasteiger partial charge in [0, 0.05) is 17.3 Å². The summed E-state index contributed by atoms with van der Waals surface area (Å²) in [5, 5.41) is 2.78. The molecule has 0 radical (unpaired) electrons. The van der Waals surface area contributed by atoms with Gasteiger partial charge in [-0.25, -0.2) is 0 Å². The highest BCUT2D eigenvalue weighted by Gasteiger charge is 2.27. The first-order valence-corrected chi connectivity index (χ1v) is 7.49. The predicted octanol–water partition coefficient (Wildman–Crippen LogP) is 3.38. The normalized spacial score (nSPS) is 18.6. The second-order valence-corrected chi connectivity index (χ2v) is 5.49. The highest BCUT2D eigenvalue weighted by atomic mass is 16.5. The van der Waals surface area contributed by atoms with Crippen LogP contribution in [0.15, 0.2) is 18.2 Å². The Bertz CT molecular complexity index is 474. The molecule has 1 amide bonds. The third kappa shape index (κ3) is 3.51. The summed E-state index contributed by atoms with van der Waals surface area (Å²) in [4.78, 5) is 11.5. The van der Waals surface area contributed by atoms with E-state index in [0.29, 0.717) is 0 Å². The molecule has 1 aromatic carbocycles. The van der Waals surface area contributed by atoms with Crippen molar-refractivity contribution < 1.29 is 9.53 Å². The number of amides is 1. The van der Waals surface area contributed by atoms with Crippen molar-refractivity contribution >= 4 is 11.6 Å². The highest BCUT2D eigenvalue weighted by Crippen LogP contribution is 2.32. The van der Waals surface area contributed by atoms with E-state index in [0.717, 1.165) is 23.4 Å². The summed E-state index contributed by atoms with van der Waals surface area (Å²) < 4.78 is 5.90. The quantitative estimate of drug-likeness (QED) is 0.750. The van der Waals surface area contributed by atoms with Crippen LogP contribution in [0.3, 0.4) is 0 Å². The molecule has 2 unspecified atom stereocenters. The van der Waals surface area contributed by atoms with E-state index in [1.165, 1.54) is 25.7 Å². The molecule has 0 saturated heterocycles. The standard InChI is InChI=1S/C16H24N2O2/c1-3-4-5-6-7-11(2)20-12-8-9-13-14(10-12)18-16(19)15(13)17/h8-11,15H,3-7,17H2,1-2H3,(H,18,19). The lowest BCUT2D eigenvalue weighted by molar-refractivity contribution is -0.116. The van der Waals surface area contributed by atoms with Crippen LogP contribution >= 0.6 is 0 Å². The zero-order chi connectivity index (χ0) is 14.5. The van der Waals surface area contributed by atoms with Gasteiger partial charge in [0.05, 0.1) is 6.10 Å². The van der Waals surface area contributed by atoms with Crippen LogP contribution in [0.1, 0.15) is 57.6 Å². The monoisotopic (exact) mass is 276 g/mol. The number of benzene rings is 1. The Morgan fingerprint density at radius 1 is 1.35 bits per heavy atom. The number of anilines is 1. The summed E-state index contributed by atoms with van der Waals surface area (Å²) in [5.41, 5.74) is 7.40. The molecule has 20 heavy (non-hydrogen) atoms. The van der Waals surface area contributed by atoms with Crippen LogP contribution in [-0.2, 0) is 4.79 Å². The Morgan fingerprint density at radius 2 is 2.15 bits per heavy atom. The van der Waals surface area contributed by atoms with Crippen LogP contribution in [0.4, 0.5) is 5.69 Å². The third-order valence-corrected chi connectivity index (χ3v) is 3.70. The van der Waals surface area contributed by atoms with E-state index in [9.17, 15) is 4.79 Å². The van der Waals surface area contributed by atoms with Crippen LogP contribution in [0.2, 0.25) is 0 Å². The topological polar surface area (TPSA) is 64.3 Å². The summed E-state index contributed by atoms with van der Waals surface area (Å²) in [5.74, 6) is 0.644. The van der Waals surface area contributed by atoms with Crippen molar-refractivity contribution in [2.75, 3.05) is 5.32 Å². The van der Waals surface area contributed by atoms with Gasteiger partial charge in [0.25, 0.3) is 0 Å². The van der Waals surface area contributed by atoms with Crippen molar-refractivity contribution in [1.82, 2.24) is 0 Å². The molecule has 0 aromatic heterocycles. The number of nitrogens with two attached hydrogens (primary N) is 1. The number of nitrogens with one attached hydrogen (secondary N) is 1. The molecule has 0 spiro atoms. The third-order valence-electron chi connectivity index (χ3n) is 3.70. The second-order valence-electron chi connectivity index (χ2n) is 5.49. The molecule has 0 bridgehead atoms. The van der Waals surface area contributed by atoms with E-state index in [2.05, 4.69) is 19.2 Å². The molecule has 0 saturated carbocycles. The van der Waals surface area contributed by atoms with Gasteiger partial charge in [0.15, 0.2) is 0 Å². The summed E-state index contributed by atoms with van der Waals surface area (Å²) in [6.45, 7) is 4.30. The summed E-state index contributed by atoms with van der Waals surface area (Å²) in [7, 11) is 0. The van der Waals surface area contributed by atoms with E-state index in [1.54, 1.807) is 0 Å². The minimum Gasteiger partial charge on any atom is -0.491 e. The van der Waals surface area contributed by atoms with Gasteiger partial charge in [-0.1, -0.05) is 32.3 Å². The predicted molar refractivity (Wildman–Crippen MR) is 80.8 cm³/mol. The maximum Gasteiger partial charge on any atom is 0.245 e. The molecule has 1 aliphatic rings. The molecule has 1 aromatic rings. The number of carbonyl (C=O) groups is 1. The number of rotatable bonds is 7. The van der Waals surface area contributed by atoms with Gasteiger partial charge in [-0.2, -0.15) is 0 Å². The van der Waals surface area contributed by atoms with Crippen LogP contribution in [-0.4, -0.2) is 12.0 Å². The van der Waals surface area contributed by atoms with E-state index >= 15 is 0 Å². The molecule has 1 aliphatic heterocycles. The molecule has 1 heterocycles. The number of hydrogen-bond donors (Lipinski definition) is 2. The first kappa shape index (κ1) is 14.9. The van der Waals surface area contributed by atoms with Crippen molar-refractivity contribution in [2.24, 2.45) is 5.73 Å². The van der Waals surface area contributed by atoms with E-state index in [1.807, 2.05) is 18.2 Å². The lowest BCUT2D eigenvalue weighted by Gasteiger charge is -2.15. The average Bonchev–Trinajstić information content (AvgIpc) is 2.70. The number of carbonyl (C=O) groups excluding carboxylic acids is 1. The fourth-order valence-corrected chi connectivity index (χ4v) is 2.49. The summed E-state index contributed by atoms with van der Waals surface area (Å²) >= 11 is 0. The van der Waals surface area contributed by atoms with Crippen molar-refractivity contribution in [1.29, 1.82) is 0 Å². The van der Waals surface area contributed by atoms with Gasteiger partial charge >= 0.3 is 0 Å². The Balaban J connectivity index is 1.88. The second kappa shape index (κ2) is 6.75. The Hall–Kier alpha value is -1.55. The molecule has 0 fully saturated rings. The molecule has 2 rings (SSSR count). The Labute approximate surface area is 120 Å². The van der Waals surface area contributed by atoms with E-state index < -0.39 is 6.04 Å². The molecule has 4 nitrogen and oxygen atoms in total. The van der Waals surface area contributed by atoms with Crippen molar-refractivity contribution in [2.45, 2.75) is 58.1 Å². The smallest absolute Gasteiger partial charge is 0.245 e. The first-order valence-electron chi connectivity index (χ1n) is 7.49. The Morgan fingerprint density at radius 3 is 2.90 bits per heavy atom. The number of fused-ring (bicyclic) bond motifs is 1. The van der Waals surface area contributed by atoms with Gasteiger partial charge < -0.3 is 15.8 Å². The van der Waals surface area contributed by atoms with Crippen molar-refractivity contribution in [3.8, 4) is 5.75 Å². The van der Waals surface area contributed by atoms with E-state index in [-0.39, 0.29) is 12.0 Å². The van der Waals surface area contributed by atoms with Crippen LogP contribution < -0.4 is 15.8 Å². The molecule has 2 atom stereocenters. The highest BCUT2D eigenvalue weighted by molar-refractivity contribution is 6.02. The van der Waals surface area contributed by atoms with Gasteiger partial charge in [-0.05, 0) is 25.8 Å². The van der Waals surface area contributed by atoms with Gasteiger partial charge in [-0.3, -0.25) is 4.79 Å². The fourth-order valence-electron chi connectivity index (χ4n) is 2.49. The summed E-state index contributed by atoms with van der Waals surface area (Å²) in [6.07, 6.45) is 6.25. The Kier molecular flexibility index (Phi) is 5.01. The minimum absolute atomic E-state index is 0.148. The number of unbranched alkanes of at least 4 members (excludes halogenated alkanes) is 3. The van der Waals surface area contributed by atoms with Gasteiger partial charge in [0.2, 0.25) is 5.91 Å². The largest absolute Gasteiger partial charge is 0.491 e. The molecule has 110 valence electrons. The van der Waals surface area contributed by atoms with Crippen molar-refractivity contribution in [3.63, 3.8) is 0 Å². The van der Waals surface area contributed by atoms with Gasteiger partial charge in [0.1, 0.15) is 11.8 Å². The van der Waals surface area contributed by atoms with Crippen LogP contribution in [0.5, 0.6) is 5.75 Å². The molecule has 0 aliphatic carbocycles.